The smallest absolute Gasteiger partial charge is 0.0594 e. The summed E-state index contributed by atoms with van der Waals surface area (Å²) in [7, 11) is 0. The average Bonchev–Trinajstić information content (AvgIpc) is 2.69. The molecule has 0 aromatic heterocycles. The van der Waals surface area contributed by atoms with Crippen molar-refractivity contribution in [1.82, 2.24) is 0 Å². The molecular formula is C29H48O. The second-order valence-corrected chi connectivity index (χ2v) is 14.0. The van der Waals surface area contributed by atoms with Gasteiger partial charge in [0.05, 0.1) is 6.10 Å². The Kier molecular flexibility index (Phi) is 4.75. The van der Waals surface area contributed by atoms with Gasteiger partial charge in [0.25, 0.3) is 0 Å². The zero-order valence-corrected chi connectivity index (χ0v) is 20.9. The standard InChI is InChI=1S/C29H48O/c1-18-12-14-27(5)16-17-28(6)20-10-11-23-26(3,4)24(30)13-15-29(23,7)21(20)8-9-22(28)25(27)19(18)2/h9,18-21,23-25,30H,8,10-17H2,1-7H3/t18-,19+,20-,21+,23+,24-,25+,27-,28+,29-/m1/s1. The number of rotatable bonds is 0. The van der Waals surface area contributed by atoms with E-state index in [4.69, 9.17) is 0 Å². The molecule has 5 rings (SSSR count). The van der Waals surface area contributed by atoms with Crippen molar-refractivity contribution in [3.05, 3.63) is 11.6 Å². The summed E-state index contributed by atoms with van der Waals surface area (Å²) in [5.74, 6) is 4.88. The van der Waals surface area contributed by atoms with Crippen LogP contribution in [0.2, 0.25) is 0 Å². The predicted molar refractivity (Wildman–Crippen MR) is 126 cm³/mol. The van der Waals surface area contributed by atoms with E-state index in [0.717, 1.165) is 36.0 Å². The highest BCUT2D eigenvalue weighted by atomic mass is 16.3. The molecule has 0 unspecified atom stereocenters. The Hall–Kier alpha value is -0.300. The fourth-order valence-corrected chi connectivity index (χ4v) is 10.4. The highest BCUT2D eigenvalue weighted by molar-refractivity contribution is 5.31. The molecule has 0 aliphatic heterocycles. The van der Waals surface area contributed by atoms with Gasteiger partial charge in [-0.25, -0.2) is 0 Å². The van der Waals surface area contributed by atoms with E-state index >= 15 is 0 Å². The van der Waals surface area contributed by atoms with Crippen LogP contribution in [-0.4, -0.2) is 11.2 Å². The molecule has 10 atom stereocenters. The van der Waals surface area contributed by atoms with E-state index in [2.05, 4.69) is 54.5 Å². The van der Waals surface area contributed by atoms with Crippen LogP contribution in [0, 0.1) is 57.2 Å². The fraction of sp³-hybridized carbons (Fsp3) is 0.931. The van der Waals surface area contributed by atoms with E-state index in [1.165, 1.54) is 51.4 Å². The minimum atomic E-state index is -0.114. The summed E-state index contributed by atoms with van der Waals surface area (Å²) in [6, 6.07) is 0. The van der Waals surface area contributed by atoms with Gasteiger partial charge >= 0.3 is 0 Å². The van der Waals surface area contributed by atoms with Gasteiger partial charge in [-0.3, -0.25) is 0 Å². The van der Waals surface area contributed by atoms with Crippen LogP contribution in [0.1, 0.15) is 106 Å². The Morgan fingerprint density at radius 1 is 0.833 bits per heavy atom. The molecule has 0 saturated heterocycles. The van der Waals surface area contributed by atoms with E-state index in [9.17, 15) is 5.11 Å². The first kappa shape index (κ1) is 21.5. The van der Waals surface area contributed by atoms with Crippen molar-refractivity contribution in [3.63, 3.8) is 0 Å². The van der Waals surface area contributed by atoms with Gasteiger partial charge in [-0.15, -0.1) is 0 Å². The third-order valence-corrected chi connectivity index (χ3v) is 12.6. The lowest BCUT2D eigenvalue weighted by molar-refractivity contribution is -0.171. The average molecular weight is 413 g/mol. The molecule has 0 aromatic rings. The first-order chi connectivity index (χ1) is 13.9. The van der Waals surface area contributed by atoms with E-state index in [0.29, 0.717) is 22.2 Å². The second kappa shape index (κ2) is 6.61. The molecule has 4 fully saturated rings. The Balaban J connectivity index is 1.54. The van der Waals surface area contributed by atoms with Crippen LogP contribution in [0.15, 0.2) is 11.6 Å². The van der Waals surface area contributed by atoms with Crippen LogP contribution < -0.4 is 0 Å². The van der Waals surface area contributed by atoms with Gasteiger partial charge in [-0.1, -0.05) is 60.1 Å². The zero-order valence-electron chi connectivity index (χ0n) is 20.9. The Morgan fingerprint density at radius 2 is 1.57 bits per heavy atom. The molecule has 5 aliphatic carbocycles. The second-order valence-electron chi connectivity index (χ2n) is 14.0. The van der Waals surface area contributed by atoms with Gasteiger partial charge in [0, 0.05) is 0 Å². The molecule has 1 N–H and O–H groups in total. The molecule has 1 nitrogen and oxygen atoms in total. The summed E-state index contributed by atoms with van der Waals surface area (Å²) in [5, 5.41) is 10.8. The van der Waals surface area contributed by atoms with Gasteiger partial charge in [0.15, 0.2) is 0 Å². The molecule has 0 spiro atoms. The highest BCUT2D eigenvalue weighted by Crippen LogP contribution is 2.71. The molecule has 1 heteroatoms. The van der Waals surface area contributed by atoms with Gasteiger partial charge < -0.3 is 5.11 Å². The van der Waals surface area contributed by atoms with Gasteiger partial charge in [0.2, 0.25) is 0 Å². The van der Waals surface area contributed by atoms with Crippen LogP contribution in [0.3, 0.4) is 0 Å². The van der Waals surface area contributed by atoms with Crippen LogP contribution >= 0.6 is 0 Å². The maximum atomic E-state index is 10.8. The molecule has 170 valence electrons. The van der Waals surface area contributed by atoms with Crippen molar-refractivity contribution >= 4 is 0 Å². The largest absolute Gasteiger partial charge is 0.393 e. The van der Waals surface area contributed by atoms with Crippen molar-refractivity contribution in [2.75, 3.05) is 0 Å². The van der Waals surface area contributed by atoms with E-state index < -0.39 is 0 Å². The maximum absolute atomic E-state index is 10.8. The number of aliphatic hydroxyl groups excluding tert-OH is 1. The van der Waals surface area contributed by atoms with Crippen molar-refractivity contribution in [2.45, 2.75) is 112 Å². The monoisotopic (exact) mass is 412 g/mol. The molecule has 0 amide bonds. The fourth-order valence-electron chi connectivity index (χ4n) is 10.4. The SMILES string of the molecule is C[C@H]1[C@H](C)CC[C@]2(C)CC[C@]3(C)C(=CC[C@H]4[C@H]3CC[C@H]3C(C)(C)[C@H](O)CC[C@]43C)[C@H]12. The molecule has 0 heterocycles. The van der Waals surface area contributed by atoms with Gasteiger partial charge in [-0.05, 0) is 115 Å². The van der Waals surface area contributed by atoms with Crippen LogP contribution in [-0.2, 0) is 0 Å². The zero-order chi connectivity index (χ0) is 21.7. The first-order valence-corrected chi connectivity index (χ1v) is 13.3. The molecule has 0 aromatic carbocycles. The molecule has 4 saturated carbocycles. The third-order valence-electron chi connectivity index (χ3n) is 12.6. The predicted octanol–water partition coefficient (Wildman–Crippen LogP) is 7.63. The first-order valence-electron chi connectivity index (χ1n) is 13.3. The number of hydrogen-bond donors (Lipinski definition) is 1. The summed E-state index contributed by atoms with van der Waals surface area (Å²) in [6.07, 6.45) is 14.7. The quantitative estimate of drug-likeness (QED) is 0.405. The van der Waals surface area contributed by atoms with Crippen LogP contribution in [0.25, 0.3) is 0 Å². The van der Waals surface area contributed by atoms with E-state index in [1.807, 2.05) is 5.57 Å². The molecule has 30 heavy (non-hydrogen) atoms. The summed E-state index contributed by atoms with van der Waals surface area (Å²) < 4.78 is 0. The minimum absolute atomic E-state index is 0.0708. The highest BCUT2D eigenvalue weighted by Gasteiger charge is 2.63. The lowest BCUT2D eigenvalue weighted by Crippen LogP contribution is -2.60. The summed E-state index contributed by atoms with van der Waals surface area (Å²) in [4.78, 5) is 0. The van der Waals surface area contributed by atoms with Crippen molar-refractivity contribution in [2.24, 2.45) is 57.2 Å². The topological polar surface area (TPSA) is 20.2 Å². The van der Waals surface area contributed by atoms with E-state index in [-0.39, 0.29) is 11.5 Å². The Labute approximate surface area is 186 Å². The van der Waals surface area contributed by atoms with E-state index in [1.54, 1.807) is 0 Å². The number of aliphatic hydroxyl groups is 1. The number of allylic oxidation sites excluding steroid dienone is 2. The third kappa shape index (κ3) is 2.63. The summed E-state index contributed by atoms with van der Waals surface area (Å²) in [6.45, 7) is 17.8. The van der Waals surface area contributed by atoms with Crippen LogP contribution in [0.4, 0.5) is 0 Å². The minimum Gasteiger partial charge on any atom is -0.393 e. The summed E-state index contributed by atoms with van der Waals surface area (Å²) >= 11 is 0. The number of hydrogen-bond acceptors (Lipinski definition) is 1. The van der Waals surface area contributed by atoms with Crippen LogP contribution in [0.5, 0.6) is 0 Å². The van der Waals surface area contributed by atoms with Crippen molar-refractivity contribution in [1.29, 1.82) is 0 Å². The normalized spacial score (nSPS) is 57.3. The molecular weight excluding hydrogens is 364 g/mol. The Morgan fingerprint density at radius 3 is 2.30 bits per heavy atom. The van der Waals surface area contributed by atoms with Gasteiger partial charge in [-0.2, -0.15) is 0 Å². The number of fused-ring (bicyclic) bond motifs is 7. The molecule has 5 aliphatic rings. The van der Waals surface area contributed by atoms with Crippen molar-refractivity contribution in [3.8, 4) is 0 Å². The van der Waals surface area contributed by atoms with Gasteiger partial charge in [0.1, 0.15) is 0 Å². The summed E-state index contributed by atoms with van der Waals surface area (Å²) in [5.41, 5.74) is 3.34. The maximum Gasteiger partial charge on any atom is 0.0594 e. The Bertz CT molecular complexity index is 735. The van der Waals surface area contributed by atoms with Crippen molar-refractivity contribution < 1.29 is 5.11 Å². The molecule has 0 bridgehead atoms. The lowest BCUT2D eigenvalue weighted by Gasteiger charge is -2.67. The molecule has 0 radical (unpaired) electrons. The lowest BCUT2D eigenvalue weighted by atomic mass is 9.38.